The predicted molar refractivity (Wildman–Crippen MR) is 62.8 cm³/mol. The second-order valence-electron chi connectivity index (χ2n) is 3.75. The number of benzene rings is 1. The number of hydrogen-bond acceptors (Lipinski definition) is 5. The third-order valence-electron chi connectivity index (χ3n) is 2.53. The lowest BCUT2D eigenvalue weighted by atomic mass is 10.2. The number of anilines is 2. The average Bonchev–Trinajstić information content (AvgIpc) is 2.28. The third kappa shape index (κ3) is 2.30. The van der Waals surface area contributed by atoms with Crippen molar-refractivity contribution >= 4 is 23.2 Å². The van der Waals surface area contributed by atoms with E-state index >= 15 is 0 Å². The number of nitrogen functional groups attached to an aromatic ring is 1. The summed E-state index contributed by atoms with van der Waals surface area (Å²) in [6, 6.07) is 5.12. The van der Waals surface area contributed by atoms with Crippen molar-refractivity contribution in [3.05, 3.63) is 18.2 Å². The number of imide groups is 1. The monoisotopic (exact) mass is 235 g/mol. The summed E-state index contributed by atoms with van der Waals surface area (Å²) in [5.41, 5.74) is 6.97. The van der Waals surface area contributed by atoms with Crippen molar-refractivity contribution < 1.29 is 14.3 Å². The Morgan fingerprint density at radius 2 is 1.94 bits per heavy atom. The van der Waals surface area contributed by atoms with Gasteiger partial charge in [0, 0.05) is 6.07 Å². The van der Waals surface area contributed by atoms with E-state index in [0.29, 0.717) is 17.1 Å². The number of nitrogens with one attached hydrogen (secondary N) is 1. The van der Waals surface area contributed by atoms with Gasteiger partial charge in [-0.25, -0.2) is 0 Å². The molecule has 3 N–H and O–H groups in total. The first-order valence-electron chi connectivity index (χ1n) is 5.11. The number of rotatable bonds is 2. The Morgan fingerprint density at radius 1 is 1.29 bits per heavy atom. The fourth-order valence-electron chi connectivity index (χ4n) is 1.73. The van der Waals surface area contributed by atoms with E-state index in [2.05, 4.69) is 5.32 Å². The van der Waals surface area contributed by atoms with Gasteiger partial charge in [0.15, 0.2) is 0 Å². The summed E-state index contributed by atoms with van der Waals surface area (Å²) < 4.78 is 5.09. The van der Waals surface area contributed by atoms with E-state index < -0.39 is 0 Å². The zero-order chi connectivity index (χ0) is 12.4. The van der Waals surface area contributed by atoms with Crippen LogP contribution in [0.3, 0.4) is 0 Å². The summed E-state index contributed by atoms with van der Waals surface area (Å²) in [5, 5.41) is 2.24. The second kappa shape index (κ2) is 4.32. The molecule has 6 nitrogen and oxygen atoms in total. The first-order valence-corrected chi connectivity index (χ1v) is 5.11. The number of nitrogens with zero attached hydrogens (tertiary/aromatic N) is 1. The standard InChI is InChI=1S/C11H13N3O3/c1-17-7-2-3-8(12)9(4-7)14-5-10(15)13-11(16)6-14/h2-4H,5-6,12H2,1H3,(H,13,15,16). The molecule has 1 fully saturated rings. The molecule has 1 heterocycles. The molecule has 0 aromatic heterocycles. The van der Waals surface area contributed by atoms with Crippen molar-refractivity contribution in [2.75, 3.05) is 30.8 Å². The van der Waals surface area contributed by atoms with E-state index in [4.69, 9.17) is 10.5 Å². The Labute approximate surface area is 98.3 Å². The number of nitrogens with two attached hydrogens (primary N) is 1. The van der Waals surface area contributed by atoms with Crippen LogP contribution in [0, 0.1) is 0 Å². The molecule has 0 spiro atoms. The first-order chi connectivity index (χ1) is 8.10. The van der Waals surface area contributed by atoms with Crippen LogP contribution < -0.4 is 20.7 Å². The SMILES string of the molecule is COc1ccc(N)c(N2CC(=O)NC(=O)C2)c1. The van der Waals surface area contributed by atoms with E-state index in [9.17, 15) is 9.59 Å². The van der Waals surface area contributed by atoms with Crippen molar-refractivity contribution in [2.24, 2.45) is 0 Å². The largest absolute Gasteiger partial charge is 0.497 e. The molecule has 17 heavy (non-hydrogen) atoms. The zero-order valence-electron chi connectivity index (χ0n) is 9.40. The maximum absolute atomic E-state index is 11.3. The number of ether oxygens (including phenoxy) is 1. The molecule has 2 amide bonds. The van der Waals surface area contributed by atoms with Gasteiger partial charge in [-0.15, -0.1) is 0 Å². The highest BCUT2D eigenvalue weighted by molar-refractivity contribution is 6.03. The number of hydrogen-bond donors (Lipinski definition) is 2. The van der Waals surface area contributed by atoms with E-state index in [1.54, 1.807) is 30.2 Å². The molecule has 1 saturated heterocycles. The zero-order valence-corrected chi connectivity index (χ0v) is 9.40. The smallest absolute Gasteiger partial charge is 0.246 e. The molecule has 90 valence electrons. The molecule has 6 heteroatoms. The summed E-state index contributed by atoms with van der Waals surface area (Å²) in [6.45, 7) is 0.228. The van der Waals surface area contributed by atoms with Crippen molar-refractivity contribution in [3.63, 3.8) is 0 Å². The first kappa shape index (κ1) is 11.3. The van der Waals surface area contributed by atoms with E-state index in [0.717, 1.165) is 0 Å². The van der Waals surface area contributed by atoms with Crippen LogP contribution in [0.25, 0.3) is 0 Å². The van der Waals surface area contributed by atoms with E-state index in [-0.39, 0.29) is 24.9 Å². The molecule has 0 atom stereocenters. The molecule has 1 aliphatic rings. The minimum absolute atomic E-state index is 0.114. The lowest BCUT2D eigenvalue weighted by molar-refractivity contribution is -0.130. The maximum atomic E-state index is 11.3. The fourth-order valence-corrected chi connectivity index (χ4v) is 1.73. The Kier molecular flexibility index (Phi) is 2.86. The molecular weight excluding hydrogens is 222 g/mol. The highest BCUT2D eigenvalue weighted by Crippen LogP contribution is 2.28. The lowest BCUT2D eigenvalue weighted by Crippen LogP contribution is -2.51. The van der Waals surface area contributed by atoms with Crippen molar-refractivity contribution in [1.82, 2.24) is 5.32 Å². The average molecular weight is 235 g/mol. The van der Waals surface area contributed by atoms with Gasteiger partial charge in [-0.3, -0.25) is 14.9 Å². The highest BCUT2D eigenvalue weighted by atomic mass is 16.5. The molecule has 2 rings (SSSR count). The minimum Gasteiger partial charge on any atom is -0.497 e. The Balaban J connectivity index is 2.32. The summed E-state index contributed by atoms with van der Waals surface area (Å²) in [6.07, 6.45) is 0. The van der Waals surface area contributed by atoms with Gasteiger partial charge < -0.3 is 15.4 Å². The summed E-state index contributed by atoms with van der Waals surface area (Å²) in [4.78, 5) is 24.2. The number of methoxy groups -OCH3 is 1. The van der Waals surface area contributed by atoms with Crippen molar-refractivity contribution in [1.29, 1.82) is 0 Å². The van der Waals surface area contributed by atoms with Crippen LogP contribution in [0.2, 0.25) is 0 Å². The molecule has 0 aliphatic carbocycles. The Bertz CT molecular complexity index is 457. The number of amides is 2. The predicted octanol–water partition coefficient (Wildman–Crippen LogP) is -0.260. The second-order valence-corrected chi connectivity index (χ2v) is 3.75. The molecule has 0 radical (unpaired) electrons. The van der Waals surface area contributed by atoms with Gasteiger partial charge in [-0.2, -0.15) is 0 Å². The van der Waals surface area contributed by atoms with E-state index in [1.165, 1.54) is 0 Å². The minimum atomic E-state index is -0.330. The molecule has 1 aromatic carbocycles. The van der Waals surface area contributed by atoms with E-state index in [1.807, 2.05) is 0 Å². The van der Waals surface area contributed by atoms with Gasteiger partial charge in [0.2, 0.25) is 11.8 Å². The van der Waals surface area contributed by atoms with Gasteiger partial charge in [0.05, 0.1) is 31.6 Å². The van der Waals surface area contributed by atoms with Crippen molar-refractivity contribution in [3.8, 4) is 5.75 Å². The normalized spacial score (nSPS) is 15.7. The lowest BCUT2D eigenvalue weighted by Gasteiger charge is -2.28. The fraction of sp³-hybridized carbons (Fsp3) is 0.273. The third-order valence-corrected chi connectivity index (χ3v) is 2.53. The number of carbonyl (C=O) groups excluding carboxylic acids is 2. The van der Waals surface area contributed by atoms with Gasteiger partial charge in [0.1, 0.15) is 5.75 Å². The van der Waals surface area contributed by atoms with Gasteiger partial charge >= 0.3 is 0 Å². The van der Waals surface area contributed by atoms with Crippen LogP contribution >= 0.6 is 0 Å². The number of carbonyl (C=O) groups is 2. The molecule has 0 saturated carbocycles. The van der Waals surface area contributed by atoms with Gasteiger partial charge in [0.25, 0.3) is 0 Å². The molecule has 1 aliphatic heterocycles. The van der Waals surface area contributed by atoms with Crippen LogP contribution in [0.4, 0.5) is 11.4 Å². The molecule has 0 unspecified atom stereocenters. The summed E-state index contributed by atoms with van der Waals surface area (Å²) >= 11 is 0. The maximum Gasteiger partial charge on any atom is 0.246 e. The number of piperazine rings is 1. The quantitative estimate of drug-likeness (QED) is 0.545. The van der Waals surface area contributed by atoms with Crippen LogP contribution in [0.15, 0.2) is 18.2 Å². The molecular formula is C11H13N3O3. The van der Waals surface area contributed by atoms with Gasteiger partial charge in [-0.05, 0) is 12.1 Å². The summed E-state index contributed by atoms with van der Waals surface area (Å²) in [7, 11) is 1.55. The van der Waals surface area contributed by atoms with Crippen LogP contribution in [-0.2, 0) is 9.59 Å². The molecule has 0 bridgehead atoms. The Morgan fingerprint density at radius 3 is 2.53 bits per heavy atom. The van der Waals surface area contributed by atoms with Crippen LogP contribution in [0.1, 0.15) is 0 Å². The topological polar surface area (TPSA) is 84.7 Å². The highest BCUT2D eigenvalue weighted by Gasteiger charge is 2.24. The molecule has 1 aromatic rings. The van der Waals surface area contributed by atoms with Crippen molar-refractivity contribution in [2.45, 2.75) is 0 Å². The van der Waals surface area contributed by atoms with Gasteiger partial charge in [-0.1, -0.05) is 0 Å². The van der Waals surface area contributed by atoms with Crippen LogP contribution in [-0.4, -0.2) is 32.0 Å². The summed E-state index contributed by atoms with van der Waals surface area (Å²) in [5.74, 6) is -0.0282. The Hall–Kier alpha value is -2.24. The van der Waals surface area contributed by atoms with Crippen LogP contribution in [0.5, 0.6) is 5.75 Å².